The number of unbranched alkanes of at least 4 members (excludes halogenated alkanes) is 1. The minimum atomic E-state index is -4.14. The van der Waals surface area contributed by atoms with E-state index in [0.29, 0.717) is 12.2 Å². The third-order valence-corrected chi connectivity index (χ3v) is 10.1. The van der Waals surface area contributed by atoms with Gasteiger partial charge in [-0.05, 0) is 67.1 Å². The molecule has 0 heterocycles. The summed E-state index contributed by atoms with van der Waals surface area (Å²) in [6.07, 6.45) is 3.93. The number of carbonyl (C=O) groups excluding carboxylic acids is 2. The SMILES string of the molecule is CCCCNC(=O)C(Cc1ccccc1)N(Cc1ccccc1)C(=O)CN(c1ccc(C)cc1)S(=O)(=O)c1ccc(SC)cc1. The van der Waals surface area contributed by atoms with Crippen LogP contribution in [0.2, 0.25) is 0 Å². The van der Waals surface area contributed by atoms with Gasteiger partial charge >= 0.3 is 0 Å². The van der Waals surface area contributed by atoms with Gasteiger partial charge in [-0.25, -0.2) is 8.42 Å². The van der Waals surface area contributed by atoms with E-state index in [2.05, 4.69) is 5.32 Å². The molecule has 0 radical (unpaired) electrons. The number of benzene rings is 4. The fourth-order valence-corrected chi connectivity index (χ4v) is 6.78. The number of thioether (sulfide) groups is 1. The highest BCUT2D eigenvalue weighted by Crippen LogP contribution is 2.27. The first kappa shape index (κ1) is 33.8. The van der Waals surface area contributed by atoms with Gasteiger partial charge < -0.3 is 10.2 Å². The number of anilines is 1. The van der Waals surface area contributed by atoms with Gasteiger partial charge in [0.15, 0.2) is 0 Å². The van der Waals surface area contributed by atoms with E-state index >= 15 is 0 Å². The highest BCUT2D eigenvalue weighted by Gasteiger charge is 2.34. The number of hydrogen-bond acceptors (Lipinski definition) is 5. The maximum atomic E-state index is 14.5. The van der Waals surface area contributed by atoms with Crippen molar-refractivity contribution in [3.05, 3.63) is 126 Å². The van der Waals surface area contributed by atoms with Crippen LogP contribution < -0.4 is 9.62 Å². The molecule has 0 saturated carbocycles. The third-order valence-electron chi connectivity index (χ3n) is 7.54. The molecule has 0 aliphatic heterocycles. The van der Waals surface area contributed by atoms with Crippen LogP contribution in [0.15, 0.2) is 119 Å². The van der Waals surface area contributed by atoms with E-state index in [9.17, 15) is 18.0 Å². The molecule has 1 unspecified atom stereocenters. The minimum absolute atomic E-state index is 0.0847. The zero-order chi connectivity index (χ0) is 32.2. The molecule has 4 aromatic carbocycles. The molecule has 9 heteroatoms. The van der Waals surface area contributed by atoms with Crippen LogP contribution in [0.3, 0.4) is 0 Å². The molecule has 0 aromatic heterocycles. The first-order valence-electron chi connectivity index (χ1n) is 15.1. The highest BCUT2D eigenvalue weighted by molar-refractivity contribution is 7.98. The van der Waals surface area contributed by atoms with Gasteiger partial charge in [-0.1, -0.05) is 91.7 Å². The van der Waals surface area contributed by atoms with E-state index in [1.165, 1.54) is 16.7 Å². The highest BCUT2D eigenvalue weighted by atomic mass is 32.2. The molecule has 4 rings (SSSR count). The fraction of sp³-hybridized carbons (Fsp3) is 0.278. The molecular formula is C36H41N3O4S2. The van der Waals surface area contributed by atoms with Crippen LogP contribution in [0.5, 0.6) is 0 Å². The maximum Gasteiger partial charge on any atom is 0.264 e. The first-order valence-corrected chi connectivity index (χ1v) is 17.8. The van der Waals surface area contributed by atoms with E-state index in [-0.39, 0.29) is 23.8 Å². The molecule has 7 nitrogen and oxygen atoms in total. The molecule has 0 bridgehead atoms. The van der Waals surface area contributed by atoms with Crippen molar-refractivity contribution in [2.75, 3.05) is 23.7 Å². The van der Waals surface area contributed by atoms with Gasteiger partial charge in [-0.2, -0.15) is 0 Å². The van der Waals surface area contributed by atoms with Gasteiger partial charge in [-0.3, -0.25) is 13.9 Å². The molecule has 45 heavy (non-hydrogen) atoms. The number of aryl methyl sites for hydroxylation is 1. The van der Waals surface area contributed by atoms with Gasteiger partial charge in [0.25, 0.3) is 10.0 Å². The fourth-order valence-electron chi connectivity index (χ4n) is 4.95. The Labute approximate surface area is 271 Å². The number of sulfonamides is 1. The Hall–Kier alpha value is -4.08. The predicted molar refractivity (Wildman–Crippen MR) is 183 cm³/mol. The van der Waals surface area contributed by atoms with Crippen LogP contribution in [-0.2, 0) is 32.6 Å². The van der Waals surface area contributed by atoms with Crippen molar-refractivity contribution in [2.45, 2.75) is 55.5 Å². The normalized spacial score (nSPS) is 11.9. The monoisotopic (exact) mass is 643 g/mol. The molecule has 0 aliphatic rings. The molecule has 4 aromatic rings. The molecular weight excluding hydrogens is 603 g/mol. The molecule has 0 spiro atoms. The summed E-state index contributed by atoms with van der Waals surface area (Å²) >= 11 is 1.52. The maximum absolute atomic E-state index is 14.5. The summed E-state index contributed by atoms with van der Waals surface area (Å²) in [5, 5.41) is 3.02. The largest absolute Gasteiger partial charge is 0.354 e. The summed E-state index contributed by atoms with van der Waals surface area (Å²) in [4.78, 5) is 30.8. The quantitative estimate of drug-likeness (QED) is 0.119. The number of nitrogens with one attached hydrogen (secondary N) is 1. The third kappa shape index (κ3) is 9.22. The van der Waals surface area contributed by atoms with E-state index in [1.54, 1.807) is 36.4 Å². The van der Waals surface area contributed by atoms with E-state index in [0.717, 1.165) is 38.7 Å². The number of rotatable bonds is 15. The summed E-state index contributed by atoms with van der Waals surface area (Å²) in [5.41, 5.74) is 3.07. The number of nitrogens with zero attached hydrogens (tertiary/aromatic N) is 2. The molecule has 236 valence electrons. The molecule has 1 atom stereocenters. The second kappa shape index (κ2) is 16.3. The summed E-state index contributed by atoms with van der Waals surface area (Å²) in [5.74, 6) is -0.746. The average Bonchev–Trinajstić information content (AvgIpc) is 3.06. The van der Waals surface area contributed by atoms with Crippen molar-refractivity contribution >= 4 is 39.3 Å². The Morgan fingerprint density at radius 1 is 0.822 bits per heavy atom. The molecule has 0 aliphatic carbocycles. The lowest BCUT2D eigenvalue weighted by Crippen LogP contribution is -2.53. The van der Waals surface area contributed by atoms with Crippen LogP contribution in [0.25, 0.3) is 0 Å². The van der Waals surface area contributed by atoms with Gasteiger partial charge in [0.1, 0.15) is 12.6 Å². The van der Waals surface area contributed by atoms with Crippen LogP contribution >= 0.6 is 11.8 Å². The van der Waals surface area contributed by atoms with E-state index in [4.69, 9.17) is 0 Å². The van der Waals surface area contributed by atoms with Crippen LogP contribution in [-0.4, -0.2) is 50.5 Å². The van der Waals surface area contributed by atoms with Gasteiger partial charge in [0.2, 0.25) is 11.8 Å². The van der Waals surface area contributed by atoms with Crippen LogP contribution in [0, 0.1) is 6.92 Å². The second-order valence-electron chi connectivity index (χ2n) is 10.9. The van der Waals surface area contributed by atoms with E-state index in [1.807, 2.05) is 92.9 Å². The predicted octanol–water partition coefficient (Wildman–Crippen LogP) is 6.47. The van der Waals surface area contributed by atoms with Crippen molar-refractivity contribution in [1.82, 2.24) is 10.2 Å². The number of amides is 2. The summed E-state index contributed by atoms with van der Waals surface area (Å²) < 4.78 is 29.5. The smallest absolute Gasteiger partial charge is 0.264 e. The lowest BCUT2D eigenvalue weighted by molar-refractivity contribution is -0.140. The van der Waals surface area contributed by atoms with Crippen molar-refractivity contribution in [3.8, 4) is 0 Å². The summed E-state index contributed by atoms with van der Waals surface area (Å²) in [6.45, 7) is 4.12. The number of carbonyl (C=O) groups is 2. The second-order valence-corrected chi connectivity index (χ2v) is 13.6. The van der Waals surface area contributed by atoms with Crippen molar-refractivity contribution in [1.29, 1.82) is 0 Å². The van der Waals surface area contributed by atoms with Crippen LogP contribution in [0.4, 0.5) is 5.69 Å². The van der Waals surface area contributed by atoms with Gasteiger partial charge in [0.05, 0.1) is 10.6 Å². The van der Waals surface area contributed by atoms with Gasteiger partial charge in [0, 0.05) is 24.4 Å². The molecule has 0 fully saturated rings. The van der Waals surface area contributed by atoms with Crippen molar-refractivity contribution < 1.29 is 18.0 Å². The zero-order valence-electron chi connectivity index (χ0n) is 26.1. The molecule has 2 amide bonds. The van der Waals surface area contributed by atoms with E-state index < -0.39 is 28.5 Å². The van der Waals surface area contributed by atoms with Crippen LogP contribution in [0.1, 0.15) is 36.5 Å². The first-order chi connectivity index (χ1) is 21.7. The molecule has 0 saturated heterocycles. The van der Waals surface area contributed by atoms with Crippen molar-refractivity contribution in [3.63, 3.8) is 0 Å². The Morgan fingerprint density at radius 3 is 2.00 bits per heavy atom. The number of hydrogen-bond donors (Lipinski definition) is 1. The minimum Gasteiger partial charge on any atom is -0.354 e. The lowest BCUT2D eigenvalue weighted by Gasteiger charge is -2.34. The topological polar surface area (TPSA) is 86.8 Å². The Balaban J connectivity index is 1.77. The summed E-state index contributed by atoms with van der Waals surface area (Å²) in [7, 11) is -4.14. The average molecular weight is 644 g/mol. The van der Waals surface area contributed by atoms with Gasteiger partial charge in [-0.15, -0.1) is 11.8 Å². The zero-order valence-corrected chi connectivity index (χ0v) is 27.7. The lowest BCUT2D eigenvalue weighted by atomic mass is 10.0. The summed E-state index contributed by atoms with van der Waals surface area (Å²) in [6, 6.07) is 31.8. The van der Waals surface area contributed by atoms with Crippen molar-refractivity contribution in [2.24, 2.45) is 0 Å². The molecule has 1 N–H and O–H groups in total. The Morgan fingerprint density at radius 2 is 1.42 bits per heavy atom. The Bertz CT molecular complexity index is 1630. The standard InChI is InChI=1S/C36H41N3O4S2/c1-4-5-24-37-36(41)34(25-29-12-8-6-9-13-29)38(26-30-14-10-7-11-15-30)35(40)27-39(31-18-16-28(2)17-19-31)45(42,43)33-22-20-32(44-3)21-23-33/h6-23,34H,4-5,24-27H2,1-3H3,(H,37,41). The Kier molecular flexibility index (Phi) is 12.2.